The lowest BCUT2D eigenvalue weighted by molar-refractivity contribution is 0.601. The highest BCUT2D eigenvalue weighted by atomic mass is 32.2. The van der Waals surface area contributed by atoms with Gasteiger partial charge in [0, 0.05) is 18.1 Å². The number of aryl methyl sites for hydroxylation is 2. The normalized spacial score (nSPS) is 11.7. The molecule has 0 radical (unpaired) electrons. The van der Waals surface area contributed by atoms with Gasteiger partial charge in [-0.15, -0.1) is 0 Å². The second kappa shape index (κ2) is 5.46. The summed E-state index contributed by atoms with van der Waals surface area (Å²) in [5.74, 6) is 0. The van der Waals surface area contributed by atoms with Crippen molar-refractivity contribution in [3.8, 4) is 0 Å². The number of pyridine rings is 1. The van der Waals surface area contributed by atoms with E-state index in [9.17, 15) is 8.42 Å². The van der Waals surface area contributed by atoms with Crippen LogP contribution in [0, 0.1) is 6.92 Å². The Labute approximate surface area is 129 Å². The van der Waals surface area contributed by atoms with Crippen molar-refractivity contribution >= 4 is 21.4 Å². The van der Waals surface area contributed by atoms with Gasteiger partial charge in [0.25, 0.3) is 10.0 Å². The largest absolute Gasteiger partial charge is 0.302 e. The molecule has 22 heavy (non-hydrogen) atoms. The molecule has 0 saturated heterocycles. The van der Waals surface area contributed by atoms with Gasteiger partial charge in [-0.05, 0) is 43.2 Å². The maximum Gasteiger partial charge on any atom is 0.261 e. The molecule has 0 fully saturated rings. The Hall–Kier alpha value is -2.34. The fraction of sp³-hybridized carbons (Fsp3) is 0.188. The minimum Gasteiger partial charge on any atom is -0.302 e. The number of rotatable bonds is 4. The molecule has 0 amide bonds. The average molecular weight is 315 g/mol. The maximum atomic E-state index is 12.5. The van der Waals surface area contributed by atoms with E-state index in [1.807, 2.05) is 30.4 Å². The summed E-state index contributed by atoms with van der Waals surface area (Å²) in [7, 11) is -3.60. The van der Waals surface area contributed by atoms with E-state index in [-0.39, 0.29) is 4.90 Å². The average Bonchev–Trinajstić information content (AvgIpc) is 2.99. The number of aromatic nitrogens is 2. The molecule has 6 heteroatoms. The molecule has 1 N–H and O–H groups in total. The minimum absolute atomic E-state index is 0.259. The number of imidazole rings is 1. The number of sulfonamides is 1. The van der Waals surface area contributed by atoms with E-state index in [0.29, 0.717) is 5.69 Å². The van der Waals surface area contributed by atoms with Crippen molar-refractivity contribution in [3.63, 3.8) is 0 Å². The van der Waals surface area contributed by atoms with Crippen LogP contribution in [0.25, 0.3) is 5.65 Å². The van der Waals surface area contributed by atoms with E-state index >= 15 is 0 Å². The molecule has 114 valence electrons. The van der Waals surface area contributed by atoms with E-state index in [0.717, 1.165) is 23.3 Å². The third-order valence-corrected chi connectivity index (χ3v) is 5.09. The maximum absolute atomic E-state index is 12.5. The molecule has 0 aliphatic carbocycles. The molecule has 3 aromatic rings. The van der Waals surface area contributed by atoms with Crippen LogP contribution in [0.15, 0.2) is 53.7 Å². The van der Waals surface area contributed by atoms with Crippen LogP contribution in [0.2, 0.25) is 0 Å². The lowest BCUT2D eigenvalue weighted by Crippen LogP contribution is -2.14. The number of nitrogens with one attached hydrogen (secondary N) is 1. The Morgan fingerprint density at radius 2 is 1.86 bits per heavy atom. The van der Waals surface area contributed by atoms with Gasteiger partial charge in [-0.1, -0.05) is 19.1 Å². The van der Waals surface area contributed by atoms with Gasteiger partial charge in [0.05, 0.1) is 10.6 Å². The summed E-state index contributed by atoms with van der Waals surface area (Å²) in [5.41, 5.74) is 3.23. The van der Waals surface area contributed by atoms with Crippen LogP contribution >= 0.6 is 0 Å². The number of benzene rings is 1. The monoisotopic (exact) mass is 315 g/mol. The molecule has 0 atom stereocenters. The molecule has 2 heterocycles. The summed E-state index contributed by atoms with van der Waals surface area (Å²) in [5, 5.41) is 0. The van der Waals surface area contributed by atoms with Gasteiger partial charge < -0.3 is 4.40 Å². The van der Waals surface area contributed by atoms with Gasteiger partial charge in [-0.2, -0.15) is 0 Å². The molecule has 5 nitrogen and oxygen atoms in total. The van der Waals surface area contributed by atoms with Crippen molar-refractivity contribution < 1.29 is 8.42 Å². The quantitative estimate of drug-likeness (QED) is 0.805. The Bertz CT molecular complexity index is 912. The Morgan fingerprint density at radius 1 is 1.14 bits per heavy atom. The SMILES string of the molecule is CCc1ccc(S(=O)(=O)Nc2ccc3nccn3c2C)cc1. The summed E-state index contributed by atoms with van der Waals surface area (Å²) in [6, 6.07) is 10.4. The molecule has 0 aliphatic rings. The molecule has 0 saturated carbocycles. The number of fused-ring (bicyclic) bond motifs is 1. The predicted molar refractivity (Wildman–Crippen MR) is 86.6 cm³/mol. The predicted octanol–water partition coefficient (Wildman–Crippen LogP) is 3.01. The molecular weight excluding hydrogens is 298 g/mol. The van der Waals surface area contributed by atoms with E-state index in [1.165, 1.54) is 0 Å². The fourth-order valence-corrected chi connectivity index (χ4v) is 3.46. The van der Waals surface area contributed by atoms with Crippen LogP contribution < -0.4 is 4.72 Å². The highest BCUT2D eigenvalue weighted by Gasteiger charge is 2.16. The molecule has 0 aliphatic heterocycles. The number of hydrogen-bond acceptors (Lipinski definition) is 3. The van der Waals surface area contributed by atoms with Gasteiger partial charge in [0.1, 0.15) is 5.65 Å². The van der Waals surface area contributed by atoms with E-state index in [4.69, 9.17) is 0 Å². The van der Waals surface area contributed by atoms with E-state index in [1.54, 1.807) is 36.7 Å². The summed E-state index contributed by atoms with van der Waals surface area (Å²) in [6.07, 6.45) is 4.37. The zero-order valence-electron chi connectivity index (χ0n) is 12.4. The smallest absolute Gasteiger partial charge is 0.261 e. The summed E-state index contributed by atoms with van der Waals surface area (Å²) >= 11 is 0. The summed E-state index contributed by atoms with van der Waals surface area (Å²) in [6.45, 7) is 3.89. The van der Waals surface area contributed by atoms with Crippen molar-refractivity contribution in [2.75, 3.05) is 4.72 Å². The standard InChI is InChI=1S/C16H17N3O2S/c1-3-13-4-6-14(7-5-13)22(20,21)18-15-8-9-16-17-10-11-19(16)12(15)2/h4-11,18H,3H2,1-2H3. The fourth-order valence-electron chi connectivity index (χ4n) is 2.35. The Balaban J connectivity index is 1.96. The van der Waals surface area contributed by atoms with Gasteiger partial charge >= 0.3 is 0 Å². The first-order chi connectivity index (χ1) is 10.5. The Morgan fingerprint density at radius 3 is 2.55 bits per heavy atom. The van der Waals surface area contributed by atoms with Gasteiger partial charge in [0.2, 0.25) is 0 Å². The molecule has 3 rings (SSSR count). The summed E-state index contributed by atoms with van der Waals surface area (Å²) in [4.78, 5) is 4.44. The third kappa shape index (κ3) is 2.57. The molecule has 2 aromatic heterocycles. The van der Waals surface area contributed by atoms with Crippen molar-refractivity contribution in [2.45, 2.75) is 25.2 Å². The van der Waals surface area contributed by atoms with E-state index in [2.05, 4.69) is 9.71 Å². The van der Waals surface area contributed by atoms with Crippen LogP contribution in [0.3, 0.4) is 0 Å². The zero-order valence-corrected chi connectivity index (χ0v) is 13.3. The molecular formula is C16H17N3O2S. The second-order valence-corrected chi connectivity index (χ2v) is 6.77. The number of nitrogens with zero attached hydrogens (tertiary/aromatic N) is 2. The van der Waals surface area contributed by atoms with Crippen LogP contribution in [-0.4, -0.2) is 17.8 Å². The molecule has 0 unspecified atom stereocenters. The van der Waals surface area contributed by atoms with Crippen LogP contribution in [0.5, 0.6) is 0 Å². The summed E-state index contributed by atoms with van der Waals surface area (Å²) < 4.78 is 29.5. The lowest BCUT2D eigenvalue weighted by atomic mass is 10.2. The van der Waals surface area contributed by atoms with Gasteiger partial charge in [-0.25, -0.2) is 13.4 Å². The van der Waals surface area contributed by atoms with E-state index < -0.39 is 10.0 Å². The minimum atomic E-state index is -3.60. The van der Waals surface area contributed by atoms with Crippen molar-refractivity contribution in [3.05, 3.63) is 60.0 Å². The van der Waals surface area contributed by atoms with Crippen molar-refractivity contribution in [2.24, 2.45) is 0 Å². The first-order valence-corrected chi connectivity index (χ1v) is 8.54. The topological polar surface area (TPSA) is 63.5 Å². The van der Waals surface area contributed by atoms with Crippen LogP contribution in [-0.2, 0) is 16.4 Å². The zero-order chi connectivity index (χ0) is 15.7. The number of anilines is 1. The number of hydrogen-bond donors (Lipinski definition) is 1. The van der Waals surface area contributed by atoms with Gasteiger partial charge in [0.15, 0.2) is 0 Å². The third-order valence-electron chi connectivity index (χ3n) is 3.71. The van der Waals surface area contributed by atoms with Crippen molar-refractivity contribution in [1.29, 1.82) is 0 Å². The van der Waals surface area contributed by atoms with Gasteiger partial charge in [-0.3, -0.25) is 4.72 Å². The van der Waals surface area contributed by atoms with Crippen LogP contribution in [0.4, 0.5) is 5.69 Å². The first-order valence-electron chi connectivity index (χ1n) is 7.05. The van der Waals surface area contributed by atoms with Crippen LogP contribution in [0.1, 0.15) is 18.2 Å². The molecule has 0 bridgehead atoms. The first kappa shape index (κ1) is 14.6. The Kier molecular flexibility index (Phi) is 3.62. The molecule has 0 spiro atoms. The highest BCUT2D eigenvalue weighted by molar-refractivity contribution is 7.92. The van der Waals surface area contributed by atoms with Crippen molar-refractivity contribution in [1.82, 2.24) is 9.38 Å². The molecule has 1 aromatic carbocycles. The lowest BCUT2D eigenvalue weighted by Gasteiger charge is -2.12. The highest BCUT2D eigenvalue weighted by Crippen LogP contribution is 2.21. The second-order valence-electron chi connectivity index (χ2n) is 5.09.